The van der Waals surface area contributed by atoms with Crippen molar-refractivity contribution in [1.82, 2.24) is 5.32 Å². The van der Waals surface area contributed by atoms with Crippen molar-refractivity contribution in [2.75, 3.05) is 13.2 Å². The molecular weight excluding hydrogens is 695 g/mol. The Kier molecular flexibility index (Phi) is 44.2. The van der Waals surface area contributed by atoms with E-state index < -0.39 is 12.1 Å². The number of carbonyl (C=O) groups excluding carboxylic acids is 2. The number of esters is 1. The van der Waals surface area contributed by atoms with E-state index in [4.69, 9.17) is 4.74 Å². The maximum Gasteiger partial charge on any atom is 0.305 e. The second kappa shape index (κ2) is 45.8. The average molecular weight is 788 g/mol. The lowest BCUT2D eigenvalue weighted by atomic mass is 10.1. The van der Waals surface area contributed by atoms with Gasteiger partial charge in [0.2, 0.25) is 5.91 Å². The van der Waals surface area contributed by atoms with E-state index in [9.17, 15) is 19.8 Å². The summed E-state index contributed by atoms with van der Waals surface area (Å²) in [6.07, 6.45) is 54.2. The molecule has 0 heterocycles. The van der Waals surface area contributed by atoms with Gasteiger partial charge < -0.3 is 20.3 Å². The second-order valence-electron chi connectivity index (χ2n) is 16.4. The van der Waals surface area contributed by atoms with Gasteiger partial charge in [0.25, 0.3) is 0 Å². The van der Waals surface area contributed by atoms with E-state index in [0.717, 1.165) is 70.6 Å². The van der Waals surface area contributed by atoms with Crippen LogP contribution in [-0.4, -0.2) is 47.4 Å². The first-order chi connectivity index (χ1) is 27.5. The zero-order chi connectivity index (χ0) is 40.8. The van der Waals surface area contributed by atoms with Gasteiger partial charge in [0.05, 0.1) is 25.4 Å². The molecular formula is C50H93NO5. The zero-order valence-electron chi connectivity index (χ0n) is 37.1. The lowest BCUT2D eigenvalue weighted by Gasteiger charge is -2.20. The molecule has 0 aliphatic heterocycles. The third kappa shape index (κ3) is 41.7. The van der Waals surface area contributed by atoms with Crippen LogP contribution in [0.2, 0.25) is 0 Å². The summed E-state index contributed by atoms with van der Waals surface area (Å²) < 4.78 is 5.44. The molecule has 0 bridgehead atoms. The Bertz CT molecular complexity index is 915. The third-order valence-corrected chi connectivity index (χ3v) is 10.9. The highest BCUT2D eigenvalue weighted by molar-refractivity contribution is 5.76. The smallest absolute Gasteiger partial charge is 0.305 e. The van der Waals surface area contributed by atoms with Crippen molar-refractivity contribution in [1.29, 1.82) is 0 Å². The Balaban J connectivity index is 3.50. The molecule has 0 saturated heterocycles. The van der Waals surface area contributed by atoms with Crippen molar-refractivity contribution in [2.45, 2.75) is 257 Å². The first-order valence-electron chi connectivity index (χ1n) is 24.3. The number of allylic oxidation sites excluding steroid dienone is 5. The second-order valence-corrected chi connectivity index (χ2v) is 16.4. The number of nitrogens with one attached hydrogen (secondary N) is 1. The van der Waals surface area contributed by atoms with E-state index in [1.54, 1.807) is 6.08 Å². The van der Waals surface area contributed by atoms with Crippen LogP contribution in [0.25, 0.3) is 0 Å². The number of hydrogen-bond donors (Lipinski definition) is 3. The normalized spacial score (nSPS) is 13.0. The van der Waals surface area contributed by atoms with E-state index in [0.29, 0.717) is 19.4 Å². The highest BCUT2D eigenvalue weighted by Crippen LogP contribution is 2.14. The van der Waals surface area contributed by atoms with Crippen molar-refractivity contribution >= 4 is 11.9 Å². The Hall–Kier alpha value is -1.92. The van der Waals surface area contributed by atoms with Crippen LogP contribution in [0.1, 0.15) is 245 Å². The molecule has 3 N–H and O–H groups in total. The maximum absolute atomic E-state index is 12.4. The van der Waals surface area contributed by atoms with E-state index in [1.807, 2.05) is 6.08 Å². The average Bonchev–Trinajstić information content (AvgIpc) is 3.20. The standard InChI is InChI=1S/C50H93NO5/c1-3-5-7-9-11-13-15-16-21-24-28-32-36-40-44-50(55)56-45-41-37-33-29-25-22-19-17-18-20-23-27-31-35-39-43-49(54)51-47(46-52)48(53)42-38-34-30-26-14-12-10-8-6-4-2/h15-16,19,22,38,42,47-48,52-53H,3-14,17-18,20-21,23-37,39-41,43-46H2,1-2H3,(H,51,54)/b16-15-,22-19-,42-38+. The van der Waals surface area contributed by atoms with Gasteiger partial charge in [0, 0.05) is 12.8 Å². The molecule has 0 radical (unpaired) electrons. The molecule has 0 spiro atoms. The highest BCUT2D eigenvalue weighted by Gasteiger charge is 2.18. The molecule has 328 valence electrons. The Morgan fingerprint density at radius 3 is 1.27 bits per heavy atom. The number of rotatable bonds is 44. The van der Waals surface area contributed by atoms with Gasteiger partial charge in [-0.25, -0.2) is 0 Å². The summed E-state index contributed by atoms with van der Waals surface area (Å²) in [6.45, 7) is 4.82. The van der Waals surface area contributed by atoms with Gasteiger partial charge in [-0.2, -0.15) is 0 Å². The molecule has 0 aromatic carbocycles. The molecule has 1 amide bonds. The number of amides is 1. The molecule has 6 nitrogen and oxygen atoms in total. The molecule has 0 fully saturated rings. The van der Waals surface area contributed by atoms with Crippen LogP contribution >= 0.6 is 0 Å². The summed E-state index contributed by atoms with van der Waals surface area (Å²) in [5, 5.41) is 22.9. The lowest BCUT2D eigenvalue weighted by molar-refractivity contribution is -0.143. The SMILES string of the molecule is CCCCCCC/C=C\CCCCCCCC(=O)OCCCCCC/C=C\CCCCCCCCCC(=O)NC(CO)C(O)/C=C/CCCCCCCCCC. The minimum atomic E-state index is -0.852. The molecule has 0 saturated carbocycles. The molecule has 0 aromatic heterocycles. The van der Waals surface area contributed by atoms with Gasteiger partial charge in [0.15, 0.2) is 0 Å². The van der Waals surface area contributed by atoms with Gasteiger partial charge in [-0.15, -0.1) is 0 Å². The predicted octanol–water partition coefficient (Wildman–Crippen LogP) is 14.1. The largest absolute Gasteiger partial charge is 0.466 e. The van der Waals surface area contributed by atoms with Crippen molar-refractivity contribution in [3.8, 4) is 0 Å². The van der Waals surface area contributed by atoms with E-state index in [1.165, 1.54) is 148 Å². The number of hydrogen-bond acceptors (Lipinski definition) is 5. The quantitative estimate of drug-likeness (QED) is 0.0325. The number of carbonyl (C=O) groups is 2. The van der Waals surface area contributed by atoms with Crippen LogP contribution in [0.5, 0.6) is 0 Å². The summed E-state index contributed by atoms with van der Waals surface area (Å²) in [5.74, 6) is -0.108. The first kappa shape index (κ1) is 54.1. The van der Waals surface area contributed by atoms with Crippen molar-refractivity contribution in [3.63, 3.8) is 0 Å². The highest BCUT2D eigenvalue weighted by atomic mass is 16.5. The summed E-state index contributed by atoms with van der Waals surface area (Å²) in [5.41, 5.74) is 0. The van der Waals surface area contributed by atoms with Gasteiger partial charge in [-0.1, -0.05) is 185 Å². The number of ether oxygens (including phenoxy) is 1. The van der Waals surface area contributed by atoms with Crippen molar-refractivity contribution in [3.05, 3.63) is 36.5 Å². The predicted molar refractivity (Wildman–Crippen MR) is 241 cm³/mol. The Labute approximate surface area is 347 Å². The van der Waals surface area contributed by atoms with Crippen LogP contribution in [-0.2, 0) is 14.3 Å². The van der Waals surface area contributed by atoms with Crippen molar-refractivity contribution < 1.29 is 24.5 Å². The third-order valence-electron chi connectivity index (χ3n) is 10.9. The minimum Gasteiger partial charge on any atom is -0.466 e. The fourth-order valence-corrected chi connectivity index (χ4v) is 7.09. The van der Waals surface area contributed by atoms with Crippen LogP contribution in [0, 0.1) is 0 Å². The minimum absolute atomic E-state index is 0.0209. The van der Waals surface area contributed by atoms with Gasteiger partial charge in [-0.05, 0) is 83.5 Å². The summed E-state index contributed by atoms with van der Waals surface area (Å²) >= 11 is 0. The van der Waals surface area contributed by atoms with E-state index in [2.05, 4.69) is 43.5 Å². The molecule has 0 aromatic rings. The van der Waals surface area contributed by atoms with Crippen LogP contribution in [0.15, 0.2) is 36.5 Å². The molecule has 6 heteroatoms. The Morgan fingerprint density at radius 2 is 0.839 bits per heavy atom. The molecule has 0 aliphatic rings. The fourth-order valence-electron chi connectivity index (χ4n) is 7.09. The van der Waals surface area contributed by atoms with Crippen LogP contribution < -0.4 is 5.32 Å². The number of unbranched alkanes of at least 4 members (excludes halogenated alkanes) is 29. The molecule has 0 rings (SSSR count). The van der Waals surface area contributed by atoms with Crippen LogP contribution in [0.3, 0.4) is 0 Å². The summed E-state index contributed by atoms with van der Waals surface area (Å²) in [6, 6.07) is -0.637. The zero-order valence-corrected chi connectivity index (χ0v) is 37.1. The van der Waals surface area contributed by atoms with E-state index >= 15 is 0 Å². The van der Waals surface area contributed by atoms with Crippen molar-refractivity contribution in [2.24, 2.45) is 0 Å². The molecule has 2 unspecified atom stereocenters. The Morgan fingerprint density at radius 1 is 0.482 bits per heavy atom. The van der Waals surface area contributed by atoms with Gasteiger partial charge in [-0.3, -0.25) is 9.59 Å². The lowest BCUT2D eigenvalue weighted by Crippen LogP contribution is -2.45. The van der Waals surface area contributed by atoms with E-state index in [-0.39, 0.29) is 18.5 Å². The van der Waals surface area contributed by atoms with Gasteiger partial charge in [0.1, 0.15) is 0 Å². The summed E-state index contributed by atoms with van der Waals surface area (Å²) in [7, 11) is 0. The fraction of sp³-hybridized carbons (Fsp3) is 0.840. The monoisotopic (exact) mass is 788 g/mol. The first-order valence-corrected chi connectivity index (χ1v) is 24.3. The van der Waals surface area contributed by atoms with Crippen LogP contribution in [0.4, 0.5) is 0 Å². The number of aliphatic hydroxyl groups excluding tert-OH is 2. The molecule has 0 aliphatic carbocycles. The number of aliphatic hydroxyl groups is 2. The summed E-state index contributed by atoms with van der Waals surface area (Å²) in [4.78, 5) is 24.4. The topological polar surface area (TPSA) is 95.9 Å². The molecule has 56 heavy (non-hydrogen) atoms. The van der Waals surface area contributed by atoms with Gasteiger partial charge >= 0.3 is 5.97 Å². The molecule has 2 atom stereocenters. The maximum atomic E-state index is 12.4.